The maximum Gasteiger partial charge on any atom is 0.270 e. The third kappa shape index (κ3) is 4.16. The summed E-state index contributed by atoms with van der Waals surface area (Å²) in [5, 5.41) is 13.6. The van der Waals surface area contributed by atoms with Crippen LogP contribution in [0.15, 0.2) is 77.5 Å². The molecule has 0 aliphatic carbocycles. The average Bonchev–Trinajstić information content (AvgIpc) is 3.16. The molecule has 29 heavy (non-hydrogen) atoms. The van der Waals surface area contributed by atoms with Crippen LogP contribution in [0, 0.1) is 10.1 Å². The smallest absolute Gasteiger partial charge is 0.270 e. The van der Waals surface area contributed by atoms with E-state index >= 15 is 0 Å². The number of nitro benzene ring substituents is 1. The van der Waals surface area contributed by atoms with Gasteiger partial charge < -0.3 is 9.73 Å². The molecule has 0 bridgehead atoms. The third-order valence-corrected chi connectivity index (χ3v) is 4.09. The van der Waals surface area contributed by atoms with Gasteiger partial charge in [-0.05, 0) is 42.0 Å². The molecule has 142 valence electrons. The molecule has 0 saturated carbocycles. The molecule has 0 unspecified atom stereocenters. The molecule has 2 heterocycles. The molecule has 0 spiro atoms. The van der Waals surface area contributed by atoms with Crippen molar-refractivity contribution in [1.82, 2.24) is 9.97 Å². The van der Waals surface area contributed by atoms with Gasteiger partial charge >= 0.3 is 0 Å². The molecular formula is C21H14N4O4. The molecule has 4 aromatic rings. The monoisotopic (exact) mass is 386 g/mol. The van der Waals surface area contributed by atoms with Crippen molar-refractivity contribution < 1.29 is 14.1 Å². The highest BCUT2D eigenvalue weighted by atomic mass is 16.6. The number of nitrogens with zero attached hydrogens (tertiary/aromatic N) is 3. The van der Waals surface area contributed by atoms with Crippen LogP contribution >= 0.6 is 0 Å². The van der Waals surface area contributed by atoms with E-state index in [2.05, 4.69) is 15.3 Å². The normalized spacial score (nSPS) is 11.0. The van der Waals surface area contributed by atoms with E-state index in [4.69, 9.17) is 4.42 Å². The highest BCUT2D eigenvalue weighted by molar-refractivity contribution is 6.02. The first-order valence-electron chi connectivity index (χ1n) is 8.63. The van der Waals surface area contributed by atoms with E-state index in [0.29, 0.717) is 28.2 Å². The number of rotatable bonds is 5. The Kier molecular flexibility index (Phi) is 4.81. The summed E-state index contributed by atoms with van der Waals surface area (Å²) in [5.41, 5.74) is 3.10. The van der Waals surface area contributed by atoms with Crippen molar-refractivity contribution >= 4 is 34.5 Å². The zero-order valence-corrected chi connectivity index (χ0v) is 15.0. The van der Waals surface area contributed by atoms with E-state index < -0.39 is 4.92 Å². The van der Waals surface area contributed by atoms with Crippen LogP contribution in [0.4, 0.5) is 11.4 Å². The van der Waals surface area contributed by atoms with Crippen LogP contribution in [0.5, 0.6) is 0 Å². The lowest BCUT2D eigenvalue weighted by atomic mass is 10.2. The van der Waals surface area contributed by atoms with Gasteiger partial charge in [0.05, 0.1) is 4.92 Å². The van der Waals surface area contributed by atoms with Gasteiger partial charge in [0.1, 0.15) is 5.52 Å². The molecule has 0 saturated heterocycles. The number of fused-ring (bicyclic) bond motifs is 1. The van der Waals surface area contributed by atoms with Crippen molar-refractivity contribution in [3.63, 3.8) is 0 Å². The summed E-state index contributed by atoms with van der Waals surface area (Å²) in [4.78, 5) is 30.9. The first-order chi connectivity index (χ1) is 14.1. The molecule has 2 aromatic heterocycles. The van der Waals surface area contributed by atoms with Gasteiger partial charge in [0.15, 0.2) is 5.58 Å². The van der Waals surface area contributed by atoms with Crippen LogP contribution in [-0.4, -0.2) is 20.8 Å². The summed E-state index contributed by atoms with van der Waals surface area (Å²) >= 11 is 0. The summed E-state index contributed by atoms with van der Waals surface area (Å²) in [6.45, 7) is 0. The number of amides is 1. The second-order valence-corrected chi connectivity index (χ2v) is 6.11. The van der Waals surface area contributed by atoms with Crippen LogP contribution in [0.1, 0.15) is 5.56 Å². The number of hydrogen-bond donors (Lipinski definition) is 1. The molecule has 4 rings (SSSR count). The Hall–Kier alpha value is -4.33. The zero-order chi connectivity index (χ0) is 20.2. The third-order valence-electron chi connectivity index (χ3n) is 4.09. The number of carbonyl (C=O) groups is 1. The van der Waals surface area contributed by atoms with Crippen molar-refractivity contribution in [3.8, 4) is 11.5 Å². The van der Waals surface area contributed by atoms with E-state index in [1.165, 1.54) is 24.3 Å². The molecule has 1 amide bonds. The fourth-order valence-corrected chi connectivity index (χ4v) is 2.72. The fraction of sp³-hybridized carbons (Fsp3) is 0. The molecule has 8 heteroatoms. The second-order valence-electron chi connectivity index (χ2n) is 6.11. The van der Waals surface area contributed by atoms with E-state index in [1.54, 1.807) is 54.9 Å². The van der Waals surface area contributed by atoms with Gasteiger partial charge in [0, 0.05) is 41.9 Å². The van der Waals surface area contributed by atoms with Crippen LogP contribution in [0.3, 0.4) is 0 Å². The Bertz CT molecular complexity index is 1230. The average molecular weight is 386 g/mol. The number of hydrogen-bond acceptors (Lipinski definition) is 6. The molecule has 0 atom stereocenters. The molecule has 0 aliphatic heterocycles. The second kappa shape index (κ2) is 7.73. The SMILES string of the molecule is O=C(C=Cc1cccc([N+](=O)[O-])c1)Nc1ccc2oc(-c3ccncc3)nc2c1. The zero-order valence-electron chi connectivity index (χ0n) is 15.0. The van der Waals surface area contributed by atoms with Crippen molar-refractivity contribution in [2.24, 2.45) is 0 Å². The largest absolute Gasteiger partial charge is 0.436 e. The predicted octanol–water partition coefficient (Wildman–Crippen LogP) is 4.45. The van der Waals surface area contributed by atoms with Crippen molar-refractivity contribution in [3.05, 3.63) is 88.7 Å². The van der Waals surface area contributed by atoms with Crippen LogP contribution < -0.4 is 5.32 Å². The number of aromatic nitrogens is 2. The topological polar surface area (TPSA) is 111 Å². The van der Waals surface area contributed by atoms with E-state index in [-0.39, 0.29) is 11.6 Å². The molecule has 0 fully saturated rings. The standard InChI is InChI=1S/C21H14N4O4/c26-20(7-4-14-2-1-3-17(12-14)25(27)28)23-16-5-6-19-18(13-16)24-21(29-19)15-8-10-22-11-9-15/h1-13H,(H,23,26). The summed E-state index contributed by atoms with van der Waals surface area (Å²) in [6, 6.07) is 14.8. The van der Waals surface area contributed by atoms with Crippen molar-refractivity contribution in [2.45, 2.75) is 0 Å². The first-order valence-corrected chi connectivity index (χ1v) is 8.63. The summed E-state index contributed by atoms with van der Waals surface area (Å²) < 4.78 is 5.73. The first kappa shape index (κ1) is 18.1. The van der Waals surface area contributed by atoms with Crippen molar-refractivity contribution in [1.29, 1.82) is 0 Å². The van der Waals surface area contributed by atoms with Gasteiger partial charge in [-0.1, -0.05) is 12.1 Å². The van der Waals surface area contributed by atoms with E-state index in [1.807, 2.05) is 0 Å². The Morgan fingerprint density at radius 3 is 2.72 bits per heavy atom. The molecule has 8 nitrogen and oxygen atoms in total. The highest BCUT2D eigenvalue weighted by Gasteiger charge is 2.09. The number of nitrogens with one attached hydrogen (secondary N) is 1. The molecule has 0 radical (unpaired) electrons. The minimum Gasteiger partial charge on any atom is -0.436 e. The summed E-state index contributed by atoms with van der Waals surface area (Å²) in [6.07, 6.45) is 6.14. The number of pyridine rings is 1. The molecular weight excluding hydrogens is 372 g/mol. The fourth-order valence-electron chi connectivity index (χ4n) is 2.72. The lowest BCUT2D eigenvalue weighted by Gasteiger charge is -2.01. The predicted molar refractivity (Wildman–Crippen MR) is 108 cm³/mol. The van der Waals surface area contributed by atoms with E-state index in [9.17, 15) is 14.9 Å². The summed E-state index contributed by atoms with van der Waals surface area (Å²) in [5.74, 6) is 0.102. The molecule has 2 aromatic carbocycles. The Balaban J connectivity index is 1.49. The van der Waals surface area contributed by atoms with Crippen LogP contribution in [-0.2, 0) is 4.79 Å². The number of carbonyl (C=O) groups excluding carboxylic acids is 1. The number of benzene rings is 2. The molecule has 1 N–H and O–H groups in total. The van der Waals surface area contributed by atoms with Gasteiger partial charge in [-0.25, -0.2) is 4.98 Å². The van der Waals surface area contributed by atoms with Crippen molar-refractivity contribution in [2.75, 3.05) is 5.32 Å². The Morgan fingerprint density at radius 2 is 1.93 bits per heavy atom. The maximum absolute atomic E-state index is 12.2. The van der Waals surface area contributed by atoms with Gasteiger partial charge in [0.2, 0.25) is 11.8 Å². The maximum atomic E-state index is 12.2. The van der Waals surface area contributed by atoms with E-state index in [0.717, 1.165) is 5.56 Å². The molecule has 0 aliphatic rings. The number of anilines is 1. The minimum atomic E-state index is -0.481. The summed E-state index contributed by atoms with van der Waals surface area (Å²) in [7, 11) is 0. The number of oxazole rings is 1. The van der Waals surface area contributed by atoms with Crippen LogP contribution in [0.2, 0.25) is 0 Å². The lowest BCUT2D eigenvalue weighted by molar-refractivity contribution is -0.384. The van der Waals surface area contributed by atoms with Gasteiger partial charge in [0.25, 0.3) is 5.69 Å². The number of nitro groups is 1. The highest BCUT2D eigenvalue weighted by Crippen LogP contribution is 2.25. The minimum absolute atomic E-state index is 0.0333. The Morgan fingerprint density at radius 1 is 1.10 bits per heavy atom. The van der Waals surface area contributed by atoms with Crippen LogP contribution in [0.25, 0.3) is 28.6 Å². The number of non-ortho nitro benzene ring substituents is 1. The lowest BCUT2D eigenvalue weighted by Crippen LogP contribution is -2.07. The van der Waals surface area contributed by atoms with Gasteiger partial charge in [-0.3, -0.25) is 19.9 Å². The van der Waals surface area contributed by atoms with Gasteiger partial charge in [-0.2, -0.15) is 0 Å². The van der Waals surface area contributed by atoms with Gasteiger partial charge in [-0.15, -0.1) is 0 Å². The Labute approximate surface area is 164 Å². The quantitative estimate of drug-likeness (QED) is 0.308.